The van der Waals surface area contributed by atoms with Crippen LogP contribution in [0, 0.1) is 5.92 Å². The highest BCUT2D eigenvalue weighted by Crippen LogP contribution is 2.24. The monoisotopic (exact) mass is 229 g/mol. The molecule has 0 aromatic carbocycles. The molecule has 0 saturated carbocycles. The van der Waals surface area contributed by atoms with Gasteiger partial charge in [0.15, 0.2) is 0 Å². The molecule has 5 nitrogen and oxygen atoms in total. The summed E-state index contributed by atoms with van der Waals surface area (Å²) >= 11 is 0. The van der Waals surface area contributed by atoms with Crippen molar-refractivity contribution in [2.24, 2.45) is 11.8 Å². The van der Waals surface area contributed by atoms with E-state index in [1.807, 2.05) is 25.7 Å². The minimum absolute atomic E-state index is 0.173. The van der Waals surface area contributed by atoms with Gasteiger partial charge in [0.05, 0.1) is 11.6 Å². The number of aliphatic hydroxyl groups is 1. The van der Waals surface area contributed by atoms with E-state index >= 15 is 0 Å². The van der Waals surface area contributed by atoms with Gasteiger partial charge in [-0.15, -0.1) is 0 Å². The normalized spacial score (nSPS) is 29.1. The van der Waals surface area contributed by atoms with Crippen LogP contribution in [0.5, 0.6) is 0 Å². The average Bonchev–Trinajstić information content (AvgIpc) is 2.15. The van der Waals surface area contributed by atoms with Gasteiger partial charge in [-0.1, -0.05) is 13.8 Å². The number of amides is 1. The van der Waals surface area contributed by atoms with Gasteiger partial charge < -0.3 is 5.11 Å². The summed E-state index contributed by atoms with van der Waals surface area (Å²) in [6, 6.07) is -0.253. The Morgan fingerprint density at radius 3 is 2.62 bits per heavy atom. The van der Waals surface area contributed by atoms with Gasteiger partial charge in [-0.3, -0.25) is 15.1 Å². The fourth-order valence-corrected chi connectivity index (χ4v) is 2.47. The van der Waals surface area contributed by atoms with Crippen molar-refractivity contribution in [1.82, 2.24) is 10.3 Å². The van der Waals surface area contributed by atoms with E-state index < -0.39 is 5.60 Å². The lowest BCUT2D eigenvalue weighted by molar-refractivity contribution is -0.131. The van der Waals surface area contributed by atoms with E-state index in [0.29, 0.717) is 6.54 Å². The van der Waals surface area contributed by atoms with E-state index in [4.69, 9.17) is 5.84 Å². The van der Waals surface area contributed by atoms with E-state index in [0.717, 1.165) is 19.4 Å². The number of β-amino-alcohol motifs (C(OH)–C–C–N with tert-alkyl or cyclic N) is 1. The predicted molar refractivity (Wildman–Crippen MR) is 62.4 cm³/mol. The first-order valence-electron chi connectivity index (χ1n) is 5.84. The van der Waals surface area contributed by atoms with Crippen molar-refractivity contribution < 1.29 is 9.90 Å². The maximum atomic E-state index is 11.7. The number of nitrogens with one attached hydrogen (secondary N) is 1. The highest BCUT2D eigenvalue weighted by molar-refractivity contribution is 5.81. The lowest BCUT2D eigenvalue weighted by atomic mass is 9.91. The molecule has 0 aromatic heterocycles. The Kier molecular flexibility index (Phi) is 4.29. The topological polar surface area (TPSA) is 78.6 Å². The van der Waals surface area contributed by atoms with Gasteiger partial charge in [-0.2, -0.15) is 0 Å². The molecule has 1 saturated heterocycles. The number of hydrogen-bond donors (Lipinski definition) is 3. The Hall–Kier alpha value is -0.650. The summed E-state index contributed by atoms with van der Waals surface area (Å²) in [5.41, 5.74) is 1.51. The minimum atomic E-state index is -0.694. The number of piperidine rings is 1. The van der Waals surface area contributed by atoms with Crippen LogP contribution in [-0.4, -0.2) is 40.6 Å². The standard InChI is InChI=1S/C11H23N3O2/c1-8(2)9(10(15)13-12)14-6-4-5-11(3,16)7-14/h8-9,16H,4-7,12H2,1-3H3,(H,13,15). The number of nitrogens with two attached hydrogens (primary N) is 1. The molecule has 0 spiro atoms. The van der Waals surface area contributed by atoms with Crippen LogP contribution in [0.3, 0.4) is 0 Å². The highest BCUT2D eigenvalue weighted by atomic mass is 16.3. The van der Waals surface area contributed by atoms with E-state index in [-0.39, 0.29) is 17.9 Å². The highest BCUT2D eigenvalue weighted by Gasteiger charge is 2.36. The van der Waals surface area contributed by atoms with Crippen molar-refractivity contribution >= 4 is 5.91 Å². The molecule has 0 aliphatic carbocycles. The molecule has 16 heavy (non-hydrogen) atoms. The number of carbonyl (C=O) groups is 1. The number of hydrazine groups is 1. The van der Waals surface area contributed by atoms with Gasteiger partial charge in [0, 0.05) is 6.54 Å². The summed E-state index contributed by atoms with van der Waals surface area (Å²) in [4.78, 5) is 13.7. The van der Waals surface area contributed by atoms with Crippen molar-refractivity contribution in [3.05, 3.63) is 0 Å². The van der Waals surface area contributed by atoms with Crippen molar-refractivity contribution in [1.29, 1.82) is 0 Å². The Morgan fingerprint density at radius 1 is 1.56 bits per heavy atom. The van der Waals surface area contributed by atoms with Gasteiger partial charge in [0.25, 0.3) is 5.91 Å². The Morgan fingerprint density at radius 2 is 2.19 bits per heavy atom. The quantitative estimate of drug-likeness (QED) is 0.357. The van der Waals surface area contributed by atoms with Gasteiger partial charge >= 0.3 is 0 Å². The summed E-state index contributed by atoms with van der Waals surface area (Å²) in [6.07, 6.45) is 1.70. The van der Waals surface area contributed by atoms with E-state index in [1.165, 1.54) is 0 Å². The molecule has 1 rings (SSSR count). The van der Waals surface area contributed by atoms with Crippen LogP contribution in [-0.2, 0) is 4.79 Å². The first-order chi connectivity index (χ1) is 7.37. The first kappa shape index (κ1) is 13.4. The third-order valence-electron chi connectivity index (χ3n) is 3.14. The van der Waals surface area contributed by atoms with Crippen LogP contribution in [0.25, 0.3) is 0 Å². The predicted octanol–water partition coefficient (Wildman–Crippen LogP) is -0.152. The molecule has 4 N–H and O–H groups in total. The van der Waals surface area contributed by atoms with E-state index in [1.54, 1.807) is 0 Å². The number of carbonyl (C=O) groups excluding carboxylic acids is 1. The molecule has 1 aliphatic heterocycles. The molecule has 1 aliphatic rings. The second-order valence-electron chi connectivity index (χ2n) is 5.27. The Bertz CT molecular complexity index is 254. The molecule has 1 heterocycles. The van der Waals surface area contributed by atoms with Gasteiger partial charge in [0.2, 0.25) is 0 Å². The fraction of sp³-hybridized carbons (Fsp3) is 0.909. The maximum absolute atomic E-state index is 11.7. The number of hydrogen-bond acceptors (Lipinski definition) is 4. The van der Waals surface area contributed by atoms with Crippen LogP contribution in [0.1, 0.15) is 33.6 Å². The van der Waals surface area contributed by atoms with Gasteiger partial charge in [-0.25, -0.2) is 5.84 Å². The first-order valence-corrected chi connectivity index (χ1v) is 5.84. The Balaban J connectivity index is 2.75. The molecule has 0 aromatic rings. The van der Waals surface area contributed by atoms with Gasteiger partial charge in [0.1, 0.15) is 0 Å². The Labute approximate surface area is 97.0 Å². The number of rotatable bonds is 3. The summed E-state index contributed by atoms with van der Waals surface area (Å²) < 4.78 is 0. The molecular formula is C11H23N3O2. The third-order valence-corrected chi connectivity index (χ3v) is 3.14. The van der Waals surface area contributed by atoms with Crippen LogP contribution >= 0.6 is 0 Å². The van der Waals surface area contributed by atoms with Crippen molar-refractivity contribution in [3.63, 3.8) is 0 Å². The second kappa shape index (κ2) is 5.12. The summed E-state index contributed by atoms with van der Waals surface area (Å²) in [6.45, 7) is 7.17. The van der Waals surface area contributed by atoms with Crippen LogP contribution in [0.2, 0.25) is 0 Å². The van der Waals surface area contributed by atoms with Crippen molar-refractivity contribution in [3.8, 4) is 0 Å². The number of likely N-dealkylation sites (tertiary alicyclic amines) is 1. The summed E-state index contributed by atoms with van der Waals surface area (Å²) in [5, 5.41) is 10.0. The van der Waals surface area contributed by atoms with E-state index in [2.05, 4.69) is 5.43 Å². The van der Waals surface area contributed by atoms with E-state index in [9.17, 15) is 9.90 Å². The lowest BCUT2D eigenvalue weighted by Crippen LogP contribution is -2.57. The molecule has 1 amide bonds. The molecule has 0 radical (unpaired) electrons. The molecule has 2 atom stereocenters. The largest absolute Gasteiger partial charge is 0.389 e. The average molecular weight is 229 g/mol. The van der Waals surface area contributed by atoms with Crippen molar-refractivity contribution in [2.45, 2.75) is 45.3 Å². The SMILES string of the molecule is CC(C)C(C(=O)NN)N1CCCC(C)(O)C1. The third kappa shape index (κ3) is 3.17. The molecule has 1 fully saturated rings. The molecule has 94 valence electrons. The van der Waals surface area contributed by atoms with Crippen LogP contribution in [0.4, 0.5) is 0 Å². The fourth-order valence-electron chi connectivity index (χ4n) is 2.47. The minimum Gasteiger partial charge on any atom is -0.389 e. The molecular weight excluding hydrogens is 206 g/mol. The molecule has 2 unspecified atom stereocenters. The lowest BCUT2D eigenvalue weighted by Gasteiger charge is -2.41. The number of nitrogens with zero attached hydrogens (tertiary/aromatic N) is 1. The summed E-state index contributed by atoms with van der Waals surface area (Å²) in [7, 11) is 0. The van der Waals surface area contributed by atoms with Gasteiger partial charge in [-0.05, 0) is 32.2 Å². The summed E-state index contributed by atoms with van der Waals surface area (Å²) in [5.74, 6) is 5.20. The zero-order chi connectivity index (χ0) is 12.3. The zero-order valence-electron chi connectivity index (χ0n) is 10.4. The van der Waals surface area contributed by atoms with Crippen LogP contribution in [0.15, 0.2) is 0 Å². The zero-order valence-corrected chi connectivity index (χ0v) is 10.4. The molecule has 0 bridgehead atoms. The van der Waals surface area contributed by atoms with Crippen molar-refractivity contribution in [2.75, 3.05) is 13.1 Å². The molecule has 5 heteroatoms. The van der Waals surface area contributed by atoms with Crippen LogP contribution < -0.4 is 11.3 Å². The smallest absolute Gasteiger partial charge is 0.251 e. The second-order valence-corrected chi connectivity index (χ2v) is 5.27. The maximum Gasteiger partial charge on any atom is 0.251 e.